The lowest BCUT2D eigenvalue weighted by atomic mass is 10.1. The van der Waals surface area contributed by atoms with Crippen LogP contribution in [-0.4, -0.2) is 16.8 Å². The van der Waals surface area contributed by atoms with Crippen molar-refractivity contribution in [3.05, 3.63) is 54.1 Å². The predicted molar refractivity (Wildman–Crippen MR) is 102 cm³/mol. The number of anilines is 2. The summed E-state index contributed by atoms with van der Waals surface area (Å²) in [6.07, 6.45) is 1.62. The van der Waals surface area contributed by atoms with E-state index < -0.39 is 0 Å². The summed E-state index contributed by atoms with van der Waals surface area (Å²) < 4.78 is 0.921. The van der Waals surface area contributed by atoms with E-state index in [0.29, 0.717) is 18.0 Å². The van der Waals surface area contributed by atoms with Gasteiger partial charge in [-0.2, -0.15) is 0 Å². The number of amides is 2. The summed E-state index contributed by atoms with van der Waals surface area (Å²) in [6, 6.07) is 15.2. The van der Waals surface area contributed by atoms with Crippen molar-refractivity contribution in [2.75, 3.05) is 10.6 Å². The lowest BCUT2D eigenvalue weighted by molar-refractivity contribution is -0.116. The fourth-order valence-corrected chi connectivity index (χ4v) is 3.37. The monoisotopic (exact) mass is 353 g/mol. The van der Waals surface area contributed by atoms with E-state index in [0.717, 1.165) is 27.9 Å². The molecule has 5 nitrogen and oxygen atoms in total. The minimum atomic E-state index is -0.0634. The van der Waals surface area contributed by atoms with Crippen LogP contribution in [0.1, 0.15) is 25.3 Å². The molecule has 0 bridgehead atoms. The molecule has 3 rings (SSSR count). The number of fused-ring (bicyclic) bond motifs is 1. The van der Waals surface area contributed by atoms with E-state index in [1.807, 2.05) is 55.5 Å². The Hall–Kier alpha value is -2.73. The summed E-state index contributed by atoms with van der Waals surface area (Å²) >= 11 is 1.40. The molecule has 0 saturated carbocycles. The van der Waals surface area contributed by atoms with E-state index >= 15 is 0 Å². The number of rotatable bonds is 6. The van der Waals surface area contributed by atoms with Crippen molar-refractivity contribution in [2.45, 2.75) is 26.2 Å². The van der Waals surface area contributed by atoms with Crippen LogP contribution in [0.4, 0.5) is 10.8 Å². The van der Waals surface area contributed by atoms with Crippen LogP contribution < -0.4 is 10.6 Å². The van der Waals surface area contributed by atoms with E-state index in [4.69, 9.17) is 0 Å². The Morgan fingerprint density at radius 2 is 1.84 bits per heavy atom. The Kier molecular flexibility index (Phi) is 5.40. The van der Waals surface area contributed by atoms with Gasteiger partial charge in [-0.25, -0.2) is 4.98 Å². The SMILES string of the molecule is CCCC(=O)Nc1nc2ccc(NC(=O)Cc3ccccc3)cc2s1. The number of hydrogen-bond acceptors (Lipinski definition) is 4. The highest BCUT2D eigenvalue weighted by atomic mass is 32.1. The smallest absolute Gasteiger partial charge is 0.228 e. The molecule has 1 aromatic heterocycles. The fourth-order valence-electron chi connectivity index (χ4n) is 2.45. The number of carbonyl (C=O) groups excluding carboxylic acids is 2. The number of nitrogens with one attached hydrogen (secondary N) is 2. The third kappa shape index (κ3) is 4.64. The van der Waals surface area contributed by atoms with Gasteiger partial charge in [0.05, 0.1) is 16.6 Å². The second-order valence-corrected chi connectivity index (χ2v) is 6.74. The third-order valence-electron chi connectivity index (χ3n) is 3.60. The Balaban J connectivity index is 1.68. The lowest BCUT2D eigenvalue weighted by Crippen LogP contribution is -2.14. The molecule has 2 N–H and O–H groups in total. The van der Waals surface area contributed by atoms with Crippen molar-refractivity contribution < 1.29 is 9.59 Å². The normalized spacial score (nSPS) is 10.6. The van der Waals surface area contributed by atoms with Crippen LogP contribution in [-0.2, 0) is 16.0 Å². The van der Waals surface area contributed by atoms with Crippen molar-refractivity contribution in [3.63, 3.8) is 0 Å². The van der Waals surface area contributed by atoms with Gasteiger partial charge in [0.25, 0.3) is 0 Å². The first-order valence-corrected chi connectivity index (χ1v) is 9.00. The van der Waals surface area contributed by atoms with Crippen LogP contribution in [0.5, 0.6) is 0 Å². The summed E-state index contributed by atoms with van der Waals surface area (Å²) in [7, 11) is 0. The summed E-state index contributed by atoms with van der Waals surface area (Å²) in [4.78, 5) is 28.2. The second kappa shape index (κ2) is 7.90. The Bertz CT molecular complexity index is 890. The average Bonchev–Trinajstić information content (AvgIpc) is 2.97. The molecule has 0 aliphatic carbocycles. The highest BCUT2D eigenvalue weighted by molar-refractivity contribution is 7.22. The van der Waals surface area contributed by atoms with Crippen molar-refractivity contribution in [1.82, 2.24) is 4.98 Å². The minimum Gasteiger partial charge on any atom is -0.326 e. The molecule has 6 heteroatoms. The molecule has 0 fully saturated rings. The van der Waals surface area contributed by atoms with Gasteiger partial charge in [0.2, 0.25) is 11.8 Å². The maximum atomic E-state index is 12.2. The lowest BCUT2D eigenvalue weighted by Gasteiger charge is -2.05. The molecular formula is C19H19N3O2S. The Labute approximate surface area is 150 Å². The molecule has 0 aliphatic rings. The zero-order valence-electron chi connectivity index (χ0n) is 13.9. The van der Waals surface area contributed by atoms with E-state index in [1.54, 1.807) is 0 Å². The van der Waals surface area contributed by atoms with E-state index in [-0.39, 0.29) is 11.8 Å². The standard InChI is InChI=1S/C19H19N3O2S/c1-2-6-17(23)22-19-21-15-10-9-14(12-16(15)25-19)20-18(24)11-13-7-4-3-5-8-13/h3-5,7-10,12H,2,6,11H2,1H3,(H,20,24)(H,21,22,23). The van der Waals surface area contributed by atoms with E-state index in [9.17, 15) is 9.59 Å². The first kappa shape index (κ1) is 17.1. The van der Waals surface area contributed by atoms with Gasteiger partial charge >= 0.3 is 0 Å². The van der Waals surface area contributed by atoms with Crippen LogP contribution in [0.25, 0.3) is 10.2 Å². The molecule has 2 aromatic carbocycles. The summed E-state index contributed by atoms with van der Waals surface area (Å²) in [5.74, 6) is -0.0931. The zero-order chi connectivity index (χ0) is 17.6. The van der Waals surface area contributed by atoms with Crippen LogP contribution >= 0.6 is 11.3 Å². The fraction of sp³-hybridized carbons (Fsp3) is 0.211. The molecule has 0 aliphatic heterocycles. The highest BCUT2D eigenvalue weighted by Crippen LogP contribution is 2.28. The number of benzene rings is 2. The first-order chi connectivity index (χ1) is 12.1. The van der Waals surface area contributed by atoms with Crippen molar-refractivity contribution in [1.29, 1.82) is 0 Å². The third-order valence-corrected chi connectivity index (χ3v) is 4.54. The Morgan fingerprint density at radius 3 is 2.60 bits per heavy atom. The molecule has 0 unspecified atom stereocenters. The van der Waals surface area contributed by atoms with Gasteiger partial charge in [-0.3, -0.25) is 9.59 Å². The van der Waals surface area contributed by atoms with Crippen molar-refractivity contribution >= 4 is 44.2 Å². The zero-order valence-corrected chi connectivity index (χ0v) is 14.7. The molecule has 25 heavy (non-hydrogen) atoms. The summed E-state index contributed by atoms with van der Waals surface area (Å²) in [5.41, 5.74) is 2.50. The topological polar surface area (TPSA) is 71.1 Å². The largest absolute Gasteiger partial charge is 0.326 e. The quantitative estimate of drug-likeness (QED) is 0.697. The number of nitrogens with zero attached hydrogens (tertiary/aromatic N) is 1. The highest BCUT2D eigenvalue weighted by Gasteiger charge is 2.09. The predicted octanol–water partition coefficient (Wildman–Crippen LogP) is 4.22. The molecule has 0 spiro atoms. The molecule has 3 aromatic rings. The first-order valence-electron chi connectivity index (χ1n) is 8.18. The second-order valence-electron chi connectivity index (χ2n) is 5.71. The summed E-state index contributed by atoms with van der Waals surface area (Å²) in [6.45, 7) is 1.96. The number of hydrogen-bond donors (Lipinski definition) is 2. The molecule has 1 heterocycles. The van der Waals surface area contributed by atoms with Gasteiger partial charge in [-0.15, -0.1) is 0 Å². The van der Waals surface area contributed by atoms with Crippen LogP contribution in [0.2, 0.25) is 0 Å². The summed E-state index contributed by atoms with van der Waals surface area (Å²) in [5, 5.41) is 6.30. The van der Waals surface area contributed by atoms with Crippen LogP contribution in [0, 0.1) is 0 Å². The number of thiazole rings is 1. The maximum absolute atomic E-state index is 12.2. The van der Waals surface area contributed by atoms with Gasteiger partial charge < -0.3 is 10.6 Å². The number of carbonyl (C=O) groups is 2. The van der Waals surface area contributed by atoms with Crippen LogP contribution in [0.15, 0.2) is 48.5 Å². The van der Waals surface area contributed by atoms with Gasteiger partial charge in [0, 0.05) is 12.1 Å². The van der Waals surface area contributed by atoms with Gasteiger partial charge in [-0.05, 0) is 30.2 Å². The van der Waals surface area contributed by atoms with Crippen molar-refractivity contribution in [2.24, 2.45) is 0 Å². The molecule has 128 valence electrons. The van der Waals surface area contributed by atoms with Gasteiger partial charge in [0.15, 0.2) is 5.13 Å². The molecular weight excluding hydrogens is 334 g/mol. The van der Waals surface area contributed by atoms with E-state index in [1.165, 1.54) is 11.3 Å². The minimum absolute atomic E-state index is 0.0297. The molecule has 0 atom stereocenters. The van der Waals surface area contributed by atoms with Crippen LogP contribution in [0.3, 0.4) is 0 Å². The average molecular weight is 353 g/mol. The Morgan fingerprint density at radius 1 is 1.04 bits per heavy atom. The van der Waals surface area contributed by atoms with Gasteiger partial charge in [0.1, 0.15) is 0 Å². The van der Waals surface area contributed by atoms with E-state index in [2.05, 4.69) is 15.6 Å². The molecule has 0 saturated heterocycles. The number of aromatic nitrogens is 1. The molecule has 2 amide bonds. The maximum Gasteiger partial charge on any atom is 0.228 e. The van der Waals surface area contributed by atoms with Crippen molar-refractivity contribution in [3.8, 4) is 0 Å². The molecule has 0 radical (unpaired) electrons. The van der Waals surface area contributed by atoms with Gasteiger partial charge in [-0.1, -0.05) is 48.6 Å².